The Bertz CT molecular complexity index is 482. The summed E-state index contributed by atoms with van der Waals surface area (Å²) in [6.07, 6.45) is 0.726. The summed E-state index contributed by atoms with van der Waals surface area (Å²) in [6, 6.07) is 4.53. The summed E-state index contributed by atoms with van der Waals surface area (Å²) in [6.45, 7) is 0.850. The highest BCUT2D eigenvalue weighted by Gasteiger charge is 2.28. The largest absolute Gasteiger partial charge is 0.480 e. The van der Waals surface area contributed by atoms with Crippen LogP contribution < -0.4 is 5.32 Å². The molecule has 0 aliphatic carbocycles. The maximum absolute atomic E-state index is 12.8. The molecule has 0 spiro atoms. The number of carboxylic acid groups (broad SMARTS) is 1. The Hall–Kier alpha value is -1.95. The lowest BCUT2D eigenvalue weighted by molar-refractivity contribution is -0.142. The average Bonchev–Trinajstić information content (AvgIpc) is 2.94. The minimum atomic E-state index is -1.11. The van der Waals surface area contributed by atoms with Crippen LogP contribution in [0, 0.1) is 11.7 Å². The molecule has 2 atom stereocenters. The zero-order valence-corrected chi connectivity index (χ0v) is 10.8. The van der Waals surface area contributed by atoms with Gasteiger partial charge in [0.2, 0.25) is 5.91 Å². The number of hydrogen-bond donors (Lipinski definition) is 2. The Labute approximate surface area is 115 Å². The molecule has 6 heteroatoms. The molecule has 1 aromatic carbocycles. The van der Waals surface area contributed by atoms with Crippen LogP contribution in [-0.4, -0.2) is 36.2 Å². The van der Waals surface area contributed by atoms with Crippen LogP contribution in [-0.2, 0) is 20.7 Å². The van der Waals surface area contributed by atoms with Crippen LogP contribution in [0.25, 0.3) is 0 Å². The highest BCUT2D eigenvalue weighted by Crippen LogP contribution is 2.13. The SMILES string of the molecule is O=C(N[C@@H](Cc1ccc(F)cc1)C(=O)O)[C@@H]1CCOC1. The average molecular weight is 281 g/mol. The Morgan fingerprint density at radius 3 is 2.65 bits per heavy atom. The van der Waals surface area contributed by atoms with Gasteiger partial charge in [0, 0.05) is 13.0 Å². The van der Waals surface area contributed by atoms with Gasteiger partial charge in [-0.05, 0) is 24.1 Å². The van der Waals surface area contributed by atoms with Crippen molar-refractivity contribution in [3.63, 3.8) is 0 Å². The molecule has 20 heavy (non-hydrogen) atoms. The maximum Gasteiger partial charge on any atom is 0.326 e. The lowest BCUT2D eigenvalue weighted by atomic mass is 10.0. The van der Waals surface area contributed by atoms with E-state index in [-0.39, 0.29) is 24.1 Å². The van der Waals surface area contributed by atoms with Crippen molar-refractivity contribution in [2.75, 3.05) is 13.2 Å². The van der Waals surface area contributed by atoms with Gasteiger partial charge in [-0.3, -0.25) is 4.79 Å². The molecule has 0 unspecified atom stereocenters. The van der Waals surface area contributed by atoms with Crippen molar-refractivity contribution in [1.82, 2.24) is 5.32 Å². The van der Waals surface area contributed by atoms with Crippen LogP contribution in [0.1, 0.15) is 12.0 Å². The summed E-state index contributed by atoms with van der Waals surface area (Å²) in [5.41, 5.74) is 0.654. The smallest absolute Gasteiger partial charge is 0.326 e. The molecule has 1 fully saturated rings. The quantitative estimate of drug-likeness (QED) is 0.843. The number of aliphatic carboxylic acids is 1. The second kappa shape index (κ2) is 6.47. The van der Waals surface area contributed by atoms with Crippen molar-refractivity contribution < 1.29 is 23.8 Å². The molecule has 5 nitrogen and oxygen atoms in total. The lowest BCUT2D eigenvalue weighted by Gasteiger charge is -2.16. The van der Waals surface area contributed by atoms with Crippen LogP contribution >= 0.6 is 0 Å². The second-order valence-electron chi connectivity index (χ2n) is 4.79. The van der Waals surface area contributed by atoms with Crippen LogP contribution in [0.4, 0.5) is 4.39 Å². The summed E-state index contributed by atoms with van der Waals surface area (Å²) in [7, 11) is 0. The fourth-order valence-electron chi connectivity index (χ4n) is 2.09. The Morgan fingerprint density at radius 2 is 2.10 bits per heavy atom. The third-order valence-corrected chi connectivity index (χ3v) is 3.27. The third kappa shape index (κ3) is 3.77. The van der Waals surface area contributed by atoms with Gasteiger partial charge < -0.3 is 15.2 Å². The van der Waals surface area contributed by atoms with Crippen molar-refractivity contribution in [3.05, 3.63) is 35.6 Å². The molecule has 1 saturated heterocycles. The first-order valence-corrected chi connectivity index (χ1v) is 6.41. The van der Waals surface area contributed by atoms with Crippen molar-refractivity contribution in [1.29, 1.82) is 0 Å². The van der Waals surface area contributed by atoms with Crippen LogP contribution in [0.3, 0.4) is 0 Å². The van der Waals surface area contributed by atoms with E-state index in [0.717, 1.165) is 0 Å². The van der Waals surface area contributed by atoms with E-state index in [4.69, 9.17) is 9.84 Å². The van der Waals surface area contributed by atoms with E-state index < -0.39 is 12.0 Å². The number of benzene rings is 1. The summed E-state index contributed by atoms with van der Waals surface area (Å²) >= 11 is 0. The molecule has 108 valence electrons. The maximum atomic E-state index is 12.8. The van der Waals surface area contributed by atoms with Gasteiger partial charge >= 0.3 is 5.97 Å². The number of ether oxygens (including phenoxy) is 1. The number of nitrogens with one attached hydrogen (secondary N) is 1. The van der Waals surface area contributed by atoms with Gasteiger partial charge in [0.15, 0.2) is 0 Å². The summed E-state index contributed by atoms with van der Waals surface area (Å²) in [4.78, 5) is 23.1. The Kier molecular flexibility index (Phi) is 4.68. The van der Waals surface area contributed by atoms with Crippen molar-refractivity contribution in [2.24, 2.45) is 5.92 Å². The summed E-state index contributed by atoms with van der Waals surface area (Å²) in [5.74, 6) is -2.09. The molecule has 2 N–H and O–H groups in total. The van der Waals surface area contributed by atoms with Gasteiger partial charge in [0.1, 0.15) is 11.9 Å². The van der Waals surface area contributed by atoms with Crippen LogP contribution in [0.15, 0.2) is 24.3 Å². The van der Waals surface area contributed by atoms with Gasteiger partial charge in [0.05, 0.1) is 12.5 Å². The first kappa shape index (κ1) is 14.5. The monoisotopic (exact) mass is 281 g/mol. The number of rotatable bonds is 5. The van der Waals surface area contributed by atoms with E-state index in [1.54, 1.807) is 0 Å². The van der Waals surface area contributed by atoms with Crippen LogP contribution in [0.2, 0.25) is 0 Å². The van der Waals surface area contributed by atoms with Crippen molar-refractivity contribution in [2.45, 2.75) is 18.9 Å². The fourth-order valence-corrected chi connectivity index (χ4v) is 2.09. The second-order valence-corrected chi connectivity index (χ2v) is 4.79. The van der Waals surface area contributed by atoms with E-state index in [2.05, 4.69) is 5.32 Å². The number of hydrogen-bond acceptors (Lipinski definition) is 3. The molecule has 1 heterocycles. The van der Waals surface area contributed by atoms with Gasteiger partial charge in [-0.2, -0.15) is 0 Å². The normalized spacial score (nSPS) is 19.6. The fraction of sp³-hybridized carbons (Fsp3) is 0.429. The standard InChI is InChI=1S/C14H16FNO4/c15-11-3-1-9(2-4-11)7-12(14(18)19)16-13(17)10-5-6-20-8-10/h1-4,10,12H,5-8H2,(H,16,17)(H,18,19)/t10-,12+/m1/s1. The molecule has 1 amide bonds. The third-order valence-electron chi connectivity index (χ3n) is 3.27. The van der Waals surface area contributed by atoms with E-state index in [1.165, 1.54) is 24.3 Å². The Balaban J connectivity index is 1.98. The summed E-state index contributed by atoms with van der Waals surface area (Å²) < 4.78 is 17.9. The van der Waals surface area contributed by atoms with Gasteiger partial charge in [-0.1, -0.05) is 12.1 Å². The minimum Gasteiger partial charge on any atom is -0.480 e. The first-order chi connectivity index (χ1) is 9.56. The van der Waals surface area contributed by atoms with E-state index in [9.17, 15) is 14.0 Å². The molecule has 1 aliphatic heterocycles. The predicted octanol–water partition coefficient (Wildman–Crippen LogP) is 0.974. The number of amides is 1. The van der Waals surface area contributed by atoms with E-state index in [0.29, 0.717) is 25.2 Å². The van der Waals surface area contributed by atoms with Crippen molar-refractivity contribution in [3.8, 4) is 0 Å². The number of carbonyl (C=O) groups is 2. The van der Waals surface area contributed by atoms with E-state index >= 15 is 0 Å². The van der Waals surface area contributed by atoms with Gasteiger partial charge in [-0.25, -0.2) is 9.18 Å². The highest BCUT2D eigenvalue weighted by molar-refractivity contribution is 5.85. The molecule has 0 aromatic heterocycles. The van der Waals surface area contributed by atoms with E-state index in [1.807, 2.05) is 0 Å². The summed E-state index contributed by atoms with van der Waals surface area (Å²) in [5, 5.41) is 11.7. The molecule has 2 rings (SSSR count). The molecule has 0 radical (unpaired) electrons. The molecule has 0 bridgehead atoms. The zero-order chi connectivity index (χ0) is 14.5. The van der Waals surface area contributed by atoms with Gasteiger partial charge in [-0.15, -0.1) is 0 Å². The van der Waals surface area contributed by atoms with Gasteiger partial charge in [0.25, 0.3) is 0 Å². The molecular formula is C14H16FNO4. The number of halogens is 1. The highest BCUT2D eigenvalue weighted by atomic mass is 19.1. The molecule has 1 aromatic rings. The lowest BCUT2D eigenvalue weighted by Crippen LogP contribution is -2.45. The number of carboxylic acids is 1. The molecule has 0 saturated carbocycles. The predicted molar refractivity (Wildman–Crippen MR) is 68.6 cm³/mol. The van der Waals surface area contributed by atoms with Crippen molar-refractivity contribution >= 4 is 11.9 Å². The topological polar surface area (TPSA) is 75.6 Å². The molecule has 1 aliphatic rings. The zero-order valence-electron chi connectivity index (χ0n) is 10.8. The van der Waals surface area contributed by atoms with Crippen LogP contribution in [0.5, 0.6) is 0 Å². The number of carbonyl (C=O) groups excluding carboxylic acids is 1. The molecular weight excluding hydrogens is 265 g/mol. The Morgan fingerprint density at radius 1 is 1.40 bits per heavy atom. The first-order valence-electron chi connectivity index (χ1n) is 6.41. The minimum absolute atomic E-state index is 0.120.